The molecule has 1 aromatic rings. The molecule has 1 heterocycles. The second-order valence-corrected chi connectivity index (χ2v) is 6.04. The highest BCUT2D eigenvalue weighted by Gasteiger charge is 2.05. The van der Waals surface area contributed by atoms with Gasteiger partial charge in [-0.3, -0.25) is 4.98 Å². The molecule has 0 aliphatic carbocycles. The van der Waals surface area contributed by atoms with E-state index in [1.807, 2.05) is 18.2 Å². The molecule has 0 radical (unpaired) electrons. The van der Waals surface area contributed by atoms with Crippen LogP contribution in [0.5, 0.6) is 0 Å². The summed E-state index contributed by atoms with van der Waals surface area (Å²) in [6.07, 6.45) is 11.5. The van der Waals surface area contributed by atoms with Gasteiger partial charge in [-0.05, 0) is 18.6 Å². The molecule has 0 bridgehead atoms. The number of aromatic nitrogens is 1. The molecular formula is C19H33NO3. The van der Waals surface area contributed by atoms with Crippen molar-refractivity contribution in [3.05, 3.63) is 30.1 Å². The minimum absolute atomic E-state index is 0.286. The Bertz CT molecular complexity index is 359. The van der Waals surface area contributed by atoms with Gasteiger partial charge in [0.2, 0.25) is 0 Å². The Kier molecular flexibility index (Phi) is 12.8. The molecule has 132 valence electrons. The zero-order valence-electron chi connectivity index (χ0n) is 14.6. The number of hydrogen-bond acceptors (Lipinski definition) is 4. The van der Waals surface area contributed by atoms with Gasteiger partial charge in [-0.15, -0.1) is 0 Å². The molecule has 0 aromatic carbocycles. The Balaban J connectivity index is 1.84. The van der Waals surface area contributed by atoms with E-state index in [0.29, 0.717) is 13.2 Å². The fourth-order valence-electron chi connectivity index (χ4n) is 2.39. The molecule has 0 aliphatic heterocycles. The molecule has 0 fully saturated rings. The fraction of sp³-hybridized carbons (Fsp3) is 0.737. The summed E-state index contributed by atoms with van der Waals surface area (Å²) in [6.45, 7) is 4.03. The van der Waals surface area contributed by atoms with E-state index in [9.17, 15) is 5.11 Å². The molecule has 0 saturated carbocycles. The van der Waals surface area contributed by atoms with Crippen LogP contribution in [0.15, 0.2) is 24.4 Å². The summed E-state index contributed by atoms with van der Waals surface area (Å²) in [7, 11) is 0. The van der Waals surface area contributed by atoms with E-state index in [4.69, 9.17) is 9.47 Å². The third-order valence-electron chi connectivity index (χ3n) is 3.74. The molecule has 1 unspecified atom stereocenters. The minimum Gasteiger partial charge on any atom is -0.388 e. The van der Waals surface area contributed by atoms with Gasteiger partial charge in [0.05, 0.1) is 25.5 Å². The second kappa shape index (κ2) is 14.6. The summed E-state index contributed by atoms with van der Waals surface area (Å²) < 4.78 is 10.9. The summed E-state index contributed by atoms with van der Waals surface area (Å²) in [5.74, 6) is 0. The van der Waals surface area contributed by atoms with Crippen molar-refractivity contribution < 1.29 is 14.6 Å². The summed E-state index contributed by atoms with van der Waals surface area (Å²) in [5, 5.41) is 9.78. The van der Waals surface area contributed by atoms with Gasteiger partial charge >= 0.3 is 0 Å². The lowest BCUT2D eigenvalue weighted by Gasteiger charge is -2.11. The first-order valence-corrected chi connectivity index (χ1v) is 9.06. The Morgan fingerprint density at radius 2 is 1.65 bits per heavy atom. The first-order valence-electron chi connectivity index (χ1n) is 9.06. The van der Waals surface area contributed by atoms with E-state index in [1.54, 1.807) is 6.20 Å². The van der Waals surface area contributed by atoms with E-state index in [2.05, 4.69) is 11.9 Å². The Hall–Kier alpha value is -0.970. The number of hydrogen-bond donors (Lipinski definition) is 1. The van der Waals surface area contributed by atoms with E-state index >= 15 is 0 Å². The summed E-state index contributed by atoms with van der Waals surface area (Å²) >= 11 is 0. The van der Waals surface area contributed by atoms with Crippen LogP contribution in [0.2, 0.25) is 0 Å². The Morgan fingerprint density at radius 1 is 0.957 bits per heavy atom. The largest absolute Gasteiger partial charge is 0.388 e. The Labute approximate surface area is 141 Å². The smallest absolute Gasteiger partial charge is 0.101 e. The SMILES string of the molecule is CCCCCCCCCCOCC(O)COCc1ccccn1. The zero-order valence-corrected chi connectivity index (χ0v) is 14.6. The quantitative estimate of drug-likeness (QED) is 0.493. The van der Waals surface area contributed by atoms with Crippen LogP contribution in [-0.4, -0.2) is 36.0 Å². The number of rotatable bonds is 15. The lowest BCUT2D eigenvalue weighted by atomic mass is 10.1. The van der Waals surface area contributed by atoms with Crippen LogP contribution < -0.4 is 0 Å². The lowest BCUT2D eigenvalue weighted by Crippen LogP contribution is -2.22. The van der Waals surface area contributed by atoms with Gasteiger partial charge in [0.15, 0.2) is 0 Å². The third kappa shape index (κ3) is 12.2. The highest BCUT2D eigenvalue weighted by atomic mass is 16.5. The van der Waals surface area contributed by atoms with Gasteiger partial charge in [-0.2, -0.15) is 0 Å². The molecule has 0 amide bonds. The van der Waals surface area contributed by atoms with Crippen LogP contribution in [0.1, 0.15) is 64.0 Å². The molecule has 1 N–H and O–H groups in total. The van der Waals surface area contributed by atoms with Gasteiger partial charge in [0.1, 0.15) is 6.10 Å². The fourth-order valence-corrected chi connectivity index (χ4v) is 2.39. The van der Waals surface area contributed by atoms with Gasteiger partial charge < -0.3 is 14.6 Å². The number of ether oxygens (including phenoxy) is 2. The van der Waals surface area contributed by atoms with E-state index < -0.39 is 6.10 Å². The molecule has 0 aliphatic rings. The molecule has 0 spiro atoms. The third-order valence-corrected chi connectivity index (χ3v) is 3.74. The van der Waals surface area contributed by atoms with Crippen molar-refractivity contribution in [3.63, 3.8) is 0 Å². The van der Waals surface area contributed by atoms with Crippen LogP contribution in [0.3, 0.4) is 0 Å². The van der Waals surface area contributed by atoms with Crippen molar-refractivity contribution in [3.8, 4) is 0 Å². The van der Waals surface area contributed by atoms with Crippen LogP contribution in [0.4, 0.5) is 0 Å². The number of nitrogens with zero attached hydrogens (tertiary/aromatic N) is 1. The highest BCUT2D eigenvalue weighted by Crippen LogP contribution is 2.08. The average molecular weight is 323 g/mol. The maximum Gasteiger partial charge on any atom is 0.101 e. The predicted molar refractivity (Wildman–Crippen MR) is 93.3 cm³/mol. The Morgan fingerprint density at radius 3 is 2.35 bits per heavy atom. The molecule has 1 aromatic heterocycles. The van der Waals surface area contributed by atoms with Crippen molar-refractivity contribution in [2.24, 2.45) is 0 Å². The number of unbranched alkanes of at least 4 members (excludes halogenated alkanes) is 7. The van der Waals surface area contributed by atoms with Gasteiger partial charge in [-0.25, -0.2) is 0 Å². The van der Waals surface area contributed by atoms with Gasteiger partial charge in [0.25, 0.3) is 0 Å². The van der Waals surface area contributed by atoms with Crippen molar-refractivity contribution in [2.75, 3.05) is 19.8 Å². The van der Waals surface area contributed by atoms with Crippen molar-refractivity contribution >= 4 is 0 Å². The molecule has 4 nitrogen and oxygen atoms in total. The van der Waals surface area contributed by atoms with Crippen molar-refractivity contribution in [2.45, 2.75) is 71.0 Å². The highest BCUT2D eigenvalue weighted by molar-refractivity contribution is 5.01. The molecule has 1 atom stereocenters. The van der Waals surface area contributed by atoms with Crippen LogP contribution in [0.25, 0.3) is 0 Å². The number of aliphatic hydroxyl groups is 1. The maximum absolute atomic E-state index is 9.78. The first-order chi connectivity index (χ1) is 11.3. The van der Waals surface area contributed by atoms with Crippen LogP contribution in [0, 0.1) is 0 Å². The normalized spacial score (nSPS) is 12.4. The zero-order chi connectivity index (χ0) is 16.6. The molecular weight excluding hydrogens is 290 g/mol. The van der Waals surface area contributed by atoms with Gasteiger partial charge in [-0.1, -0.05) is 57.9 Å². The monoisotopic (exact) mass is 323 g/mol. The average Bonchev–Trinajstić information content (AvgIpc) is 2.57. The van der Waals surface area contributed by atoms with E-state index in [0.717, 1.165) is 18.7 Å². The van der Waals surface area contributed by atoms with E-state index in [-0.39, 0.29) is 6.61 Å². The van der Waals surface area contributed by atoms with Crippen molar-refractivity contribution in [1.29, 1.82) is 0 Å². The second-order valence-electron chi connectivity index (χ2n) is 6.04. The summed E-state index contributed by atoms with van der Waals surface area (Å²) in [6, 6.07) is 5.71. The minimum atomic E-state index is -0.562. The molecule has 0 saturated heterocycles. The molecule has 1 rings (SSSR count). The lowest BCUT2D eigenvalue weighted by molar-refractivity contribution is -0.0245. The molecule has 4 heteroatoms. The van der Waals surface area contributed by atoms with Crippen molar-refractivity contribution in [1.82, 2.24) is 4.98 Å². The van der Waals surface area contributed by atoms with Crippen LogP contribution in [-0.2, 0) is 16.1 Å². The van der Waals surface area contributed by atoms with E-state index in [1.165, 1.54) is 44.9 Å². The predicted octanol–water partition coefficient (Wildman–Crippen LogP) is 4.12. The van der Waals surface area contributed by atoms with Gasteiger partial charge in [0, 0.05) is 12.8 Å². The topological polar surface area (TPSA) is 51.6 Å². The van der Waals surface area contributed by atoms with Crippen LogP contribution >= 0.6 is 0 Å². The first kappa shape index (κ1) is 20.1. The number of aliphatic hydroxyl groups excluding tert-OH is 1. The number of pyridine rings is 1. The maximum atomic E-state index is 9.78. The standard InChI is InChI=1S/C19H33NO3/c1-2-3-4-5-6-7-8-11-14-22-16-19(21)17-23-15-18-12-9-10-13-20-18/h9-10,12-13,19,21H,2-8,11,14-17H2,1H3. The summed E-state index contributed by atoms with van der Waals surface area (Å²) in [4.78, 5) is 4.17. The summed E-state index contributed by atoms with van der Waals surface area (Å²) in [5.41, 5.74) is 0.875. The molecule has 23 heavy (non-hydrogen) atoms.